The van der Waals surface area contributed by atoms with Crippen LogP contribution in [-0.2, 0) is 11.3 Å². The van der Waals surface area contributed by atoms with E-state index in [1.54, 1.807) is 12.3 Å². The molecule has 1 amide bonds. The highest BCUT2D eigenvalue weighted by atomic mass is 16.3. The van der Waals surface area contributed by atoms with Gasteiger partial charge >= 0.3 is 0 Å². The van der Waals surface area contributed by atoms with Crippen LogP contribution in [0.2, 0.25) is 0 Å². The van der Waals surface area contributed by atoms with Gasteiger partial charge in [-0.1, -0.05) is 24.3 Å². The number of nitrogens with zero attached hydrogens (tertiary/aromatic N) is 1. The van der Waals surface area contributed by atoms with Crippen molar-refractivity contribution < 1.29 is 9.21 Å². The summed E-state index contributed by atoms with van der Waals surface area (Å²) >= 11 is 0. The molecule has 1 N–H and O–H groups in total. The fraction of sp³-hybridized carbons (Fsp3) is 0.0588. The topological polar surface area (TPSA) is 55.1 Å². The molecule has 104 valence electrons. The maximum Gasteiger partial charge on any atom is 0.244 e. The van der Waals surface area contributed by atoms with Crippen LogP contribution in [0.4, 0.5) is 0 Å². The maximum atomic E-state index is 11.7. The Morgan fingerprint density at radius 1 is 1.19 bits per heavy atom. The van der Waals surface area contributed by atoms with Crippen LogP contribution in [0.25, 0.3) is 17.0 Å². The number of carbonyl (C=O) groups is 1. The molecule has 0 saturated heterocycles. The minimum Gasteiger partial charge on any atom is -0.457 e. The Hall–Kier alpha value is -2.88. The van der Waals surface area contributed by atoms with Gasteiger partial charge in [0.25, 0.3) is 0 Å². The molecule has 0 fully saturated rings. The molecule has 0 atom stereocenters. The number of pyridine rings is 1. The average Bonchev–Trinajstić information content (AvgIpc) is 2.95. The molecule has 21 heavy (non-hydrogen) atoms. The third-order valence-corrected chi connectivity index (χ3v) is 3.01. The van der Waals surface area contributed by atoms with E-state index in [2.05, 4.69) is 10.3 Å². The predicted molar refractivity (Wildman–Crippen MR) is 81.3 cm³/mol. The first kappa shape index (κ1) is 13.1. The second-order valence-corrected chi connectivity index (χ2v) is 4.56. The van der Waals surface area contributed by atoms with Crippen LogP contribution in [0, 0.1) is 0 Å². The van der Waals surface area contributed by atoms with Crippen molar-refractivity contribution in [2.75, 3.05) is 0 Å². The molecular formula is C17H14N2O2. The Bertz CT molecular complexity index is 743. The number of hydrogen-bond donors (Lipinski definition) is 1. The Kier molecular flexibility index (Phi) is 3.78. The first-order valence-electron chi connectivity index (χ1n) is 6.66. The van der Waals surface area contributed by atoms with Gasteiger partial charge in [-0.25, -0.2) is 0 Å². The van der Waals surface area contributed by atoms with Crippen LogP contribution in [0.15, 0.2) is 65.2 Å². The fourth-order valence-corrected chi connectivity index (χ4v) is 1.98. The molecule has 0 aliphatic heterocycles. The highest BCUT2D eigenvalue weighted by Gasteiger charge is 2.01. The van der Waals surface area contributed by atoms with Crippen molar-refractivity contribution in [2.24, 2.45) is 0 Å². The molecule has 4 heteroatoms. The number of rotatable bonds is 4. The highest BCUT2D eigenvalue weighted by molar-refractivity contribution is 5.92. The van der Waals surface area contributed by atoms with Crippen LogP contribution in [0.5, 0.6) is 0 Å². The minimum atomic E-state index is -0.180. The summed E-state index contributed by atoms with van der Waals surface area (Å²) in [6.45, 7) is 0.407. The van der Waals surface area contributed by atoms with Gasteiger partial charge in [0, 0.05) is 17.7 Å². The molecule has 0 bridgehead atoms. The molecule has 0 unspecified atom stereocenters. The van der Waals surface area contributed by atoms with E-state index in [9.17, 15) is 4.79 Å². The maximum absolute atomic E-state index is 11.7. The van der Waals surface area contributed by atoms with Crippen LogP contribution in [0.3, 0.4) is 0 Å². The Balaban J connectivity index is 1.61. The summed E-state index contributed by atoms with van der Waals surface area (Å²) in [6, 6.07) is 15.2. The number of fused-ring (bicyclic) bond motifs is 1. The lowest BCUT2D eigenvalue weighted by atomic mass is 10.2. The highest BCUT2D eigenvalue weighted by Crippen LogP contribution is 2.19. The number of furan rings is 1. The van der Waals surface area contributed by atoms with E-state index >= 15 is 0 Å². The van der Waals surface area contributed by atoms with E-state index in [0.29, 0.717) is 12.3 Å². The van der Waals surface area contributed by atoms with Gasteiger partial charge < -0.3 is 9.73 Å². The van der Waals surface area contributed by atoms with E-state index in [0.717, 1.165) is 16.7 Å². The van der Waals surface area contributed by atoms with Gasteiger partial charge in [-0.2, -0.15) is 0 Å². The minimum absolute atomic E-state index is 0.180. The lowest BCUT2D eigenvalue weighted by Crippen LogP contribution is -2.20. The molecule has 0 saturated carbocycles. The zero-order chi connectivity index (χ0) is 14.5. The van der Waals surface area contributed by atoms with Gasteiger partial charge in [-0.15, -0.1) is 0 Å². The molecule has 3 aromatic rings. The van der Waals surface area contributed by atoms with Crippen LogP contribution in [0.1, 0.15) is 11.5 Å². The fourth-order valence-electron chi connectivity index (χ4n) is 1.98. The van der Waals surface area contributed by atoms with Crippen LogP contribution in [-0.4, -0.2) is 10.9 Å². The lowest BCUT2D eigenvalue weighted by molar-refractivity contribution is -0.116. The van der Waals surface area contributed by atoms with Gasteiger partial charge in [-0.3, -0.25) is 9.78 Å². The number of benzene rings is 1. The van der Waals surface area contributed by atoms with E-state index in [-0.39, 0.29) is 5.91 Å². The third-order valence-electron chi connectivity index (χ3n) is 3.01. The smallest absolute Gasteiger partial charge is 0.244 e. The SMILES string of the molecule is O=C(/C=C/c1cc2ccccc2o1)NCc1ccccn1. The van der Waals surface area contributed by atoms with Crippen molar-refractivity contribution in [1.82, 2.24) is 10.3 Å². The number of amides is 1. The molecule has 2 aromatic heterocycles. The summed E-state index contributed by atoms with van der Waals surface area (Å²) in [4.78, 5) is 15.9. The molecule has 0 aliphatic rings. The number of aromatic nitrogens is 1. The molecule has 2 heterocycles. The molecule has 0 aliphatic carbocycles. The third kappa shape index (κ3) is 3.36. The van der Waals surface area contributed by atoms with E-state index < -0.39 is 0 Å². The summed E-state index contributed by atoms with van der Waals surface area (Å²) in [7, 11) is 0. The largest absolute Gasteiger partial charge is 0.457 e. The Labute approximate surface area is 122 Å². The van der Waals surface area contributed by atoms with Crippen molar-refractivity contribution in [2.45, 2.75) is 6.54 Å². The molecule has 1 aromatic carbocycles. The number of hydrogen-bond acceptors (Lipinski definition) is 3. The Morgan fingerprint density at radius 2 is 2.05 bits per heavy atom. The summed E-state index contributed by atoms with van der Waals surface area (Å²) in [5.74, 6) is 0.477. The van der Waals surface area contributed by atoms with Crippen molar-refractivity contribution >= 4 is 23.0 Å². The summed E-state index contributed by atoms with van der Waals surface area (Å²) < 4.78 is 5.60. The lowest BCUT2D eigenvalue weighted by Gasteiger charge is -2.00. The van der Waals surface area contributed by atoms with Crippen LogP contribution < -0.4 is 5.32 Å². The van der Waals surface area contributed by atoms with Crippen molar-refractivity contribution in [3.63, 3.8) is 0 Å². The molecule has 0 spiro atoms. The summed E-state index contributed by atoms with van der Waals surface area (Å²) in [5, 5.41) is 3.79. The van der Waals surface area contributed by atoms with E-state index in [1.807, 2.05) is 48.5 Å². The normalized spacial score (nSPS) is 11.0. The first-order valence-corrected chi connectivity index (χ1v) is 6.66. The molecular weight excluding hydrogens is 264 g/mol. The number of para-hydroxylation sites is 1. The second-order valence-electron chi connectivity index (χ2n) is 4.56. The molecule has 3 rings (SSSR count). The zero-order valence-corrected chi connectivity index (χ0v) is 11.3. The molecule has 0 radical (unpaired) electrons. The first-order chi connectivity index (χ1) is 10.3. The van der Waals surface area contributed by atoms with Gasteiger partial charge in [0.1, 0.15) is 11.3 Å². The molecule has 4 nitrogen and oxygen atoms in total. The average molecular weight is 278 g/mol. The van der Waals surface area contributed by atoms with Crippen LogP contribution >= 0.6 is 0 Å². The number of carbonyl (C=O) groups excluding carboxylic acids is 1. The monoisotopic (exact) mass is 278 g/mol. The van der Waals surface area contributed by atoms with Gasteiger partial charge in [0.15, 0.2) is 0 Å². The second kappa shape index (κ2) is 6.05. The van der Waals surface area contributed by atoms with Crippen molar-refractivity contribution in [3.05, 3.63) is 72.3 Å². The van der Waals surface area contributed by atoms with Crippen molar-refractivity contribution in [3.8, 4) is 0 Å². The van der Waals surface area contributed by atoms with E-state index in [4.69, 9.17) is 4.42 Å². The summed E-state index contributed by atoms with van der Waals surface area (Å²) in [5.41, 5.74) is 1.63. The zero-order valence-electron chi connectivity index (χ0n) is 11.3. The van der Waals surface area contributed by atoms with Gasteiger partial charge in [0.05, 0.1) is 12.2 Å². The van der Waals surface area contributed by atoms with Gasteiger partial charge in [0.2, 0.25) is 5.91 Å². The quantitative estimate of drug-likeness (QED) is 0.746. The number of nitrogens with one attached hydrogen (secondary N) is 1. The van der Waals surface area contributed by atoms with E-state index in [1.165, 1.54) is 6.08 Å². The predicted octanol–water partition coefficient (Wildman–Crippen LogP) is 3.16. The van der Waals surface area contributed by atoms with Gasteiger partial charge in [-0.05, 0) is 30.3 Å². The van der Waals surface area contributed by atoms with Crippen molar-refractivity contribution in [1.29, 1.82) is 0 Å². The standard InChI is InChI=1S/C17H14N2O2/c20-17(19-12-14-6-3-4-10-18-14)9-8-15-11-13-5-1-2-7-16(13)21-15/h1-11H,12H2,(H,19,20)/b9-8+. The Morgan fingerprint density at radius 3 is 2.86 bits per heavy atom. The summed E-state index contributed by atoms with van der Waals surface area (Å²) in [6.07, 6.45) is 4.82.